The molecule has 19 heavy (non-hydrogen) atoms. The van der Waals surface area contributed by atoms with Crippen LogP contribution in [0.4, 0.5) is 13.2 Å². The van der Waals surface area contributed by atoms with Gasteiger partial charge in [-0.1, -0.05) is 15.9 Å². The maximum atomic E-state index is 12.0. The normalized spacial score (nSPS) is 11.2. The van der Waals surface area contributed by atoms with Gasteiger partial charge in [0.25, 0.3) is 0 Å². The van der Waals surface area contributed by atoms with Crippen molar-refractivity contribution in [3.05, 3.63) is 53.0 Å². The number of halogens is 4. The summed E-state index contributed by atoms with van der Waals surface area (Å²) < 4.78 is 45.9. The lowest BCUT2D eigenvalue weighted by Gasteiger charge is -2.10. The summed E-state index contributed by atoms with van der Waals surface area (Å²) >= 11 is 3.28. The van der Waals surface area contributed by atoms with Crippen LogP contribution in [0.1, 0.15) is 0 Å². The third kappa shape index (κ3) is 4.48. The monoisotopic (exact) mass is 331 g/mol. The van der Waals surface area contributed by atoms with E-state index in [0.717, 1.165) is 4.47 Å². The Hall–Kier alpha value is -1.69. The number of ether oxygens (including phenoxy) is 2. The van der Waals surface area contributed by atoms with Gasteiger partial charge in [0, 0.05) is 10.5 Å². The summed E-state index contributed by atoms with van der Waals surface area (Å²) in [5.41, 5.74) is 0. The van der Waals surface area contributed by atoms with E-state index in [1.807, 2.05) is 0 Å². The molecule has 0 heterocycles. The van der Waals surface area contributed by atoms with Gasteiger partial charge in [0.15, 0.2) is 0 Å². The van der Waals surface area contributed by atoms with Crippen molar-refractivity contribution < 1.29 is 22.6 Å². The van der Waals surface area contributed by atoms with E-state index >= 15 is 0 Å². The SMILES string of the molecule is FC(F)(F)Oc1ccc(Oc2[c]ccc(Br)c2)cc1. The highest BCUT2D eigenvalue weighted by atomic mass is 79.9. The van der Waals surface area contributed by atoms with Crippen LogP contribution in [0, 0.1) is 6.07 Å². The van der Waals surface area contributed by atoms with Crippen LogP contribution in [-0.2, 0) is 0 Å². The van der Waals surface area contributed by atoms with Gasteiger partial charge in [-0.2, -0.15) is 0 Å². The second kappa shape index (κ2) is 5.52. The average molecular weight is 332 g/mol. The molecular formula is C13H7BrF3O2. The van der Waals surface area contributed by atoms with Gasteiger partial charge >= 0.3 is 6.36 Å². The Bertz CT molecular complexity index is 553. The standard InChI is InChI=1S/C13H7BrF3O2/c14-9-2-1-3-12(8-9)18-10-4-6-11(7-5-10)19-13(15,16)17/h1-2,4-8H. The van der Waals surface area contributed by atoms with E-state index in [1.54, 1.807) is 18.2 Å². The summed E-state index contributed by atoms with van der Waals surface area (Å²) in [4.78, 5) is 0. The number of alkyl halides is 3. The van der Waals surface area contributed by atoms with Gasteiger partial charge in [-0.05, 0) is 42.5 Å². The van der Waals surface area contributed by atoms with Gasteiger partial charge in [0.1, 0.15) is 17.2 Å². The highest BCUT2D eigenvalue weighted by molar-refractivity contribution is 9.10. The summed E-state index contributed by atoms with van der Waals surface area (Å²) in [5.74, 6) is 0.556. The molecule has 0 bridgehead atoms. The molecule has 0 saturated carbocycles. The molecule has 0 N–H and O–H groups in total. The predicted molar refractivity (Wildman–Crippen MR) is 66.2 cm³/mol. The lowest BCUT2D eigenvalue weighted by molar-refractivity contribution is -0.274. The summed E-state index contributed by atoms with van der Waals surface area (Å²) in [6.07, 6.45) is -4.69. The fraction of sp³-hybridized carbons (Fsp3) is 0.0769. The summed E-state index contributed by atoms with van der Waals surface area (Å²) in [5, 5.41) is 0. The Morgan fingerprint density at radius 2 is 1.63 bits per heavy atom. The Morgan fingerprint density at radius 1 is 1.00 bits per heavy atom. The second-order valence-corrected chi connectivity index (χ2v) is 4.41. The first-order valence-electron chi connectivity index (χ1n) is 5.13. The highest BCUT2D eigenvalue weighted by Gasteiger charge is 2.30. The lowest BCUT2D eigenvalue weighted by Crippen LogP contribution is -2.16. The van der Waals surface area contributed by atoms with Crippen LogP contribution in [0.25, 0.3) is 0 Å². The summed E-state index contributed by atoms with van der Waals surface area (Å²) in [6, 6.07) is 13.1. The van der Waals surface area contributed by atoms with Gasteiger partial charge in [0.05, 0.1) is 0 Å². The topological polar surface area (TPSA) is 18.5 Å². The first-order chi connectivity index (χ1) is 8.92. The van der Waals surface area contributed by atoms with E-state index < -0.39 is 6.36 Å². The average Bonchev–Trinajstić information content (AvgIpc) is 2.30. The Balaban J connectivity index is 2.07. The molecule has 0 saturated heterocycles. The molecule has 0 aliphatic carbocycles. The van der Waals surface area contributed by atoms with Crippen molar-refractivity contribution in [2.75, 3.05) is 0 Å². The Labute approximate surface area is 115 Å². The van der Waals surface area contributed by atoms with Crippen molar-refractivity contribution in [1.29, 1.82) is 0 Å². The van der Waals surface area contributed by atoms with Crippen LogP contribution in [0.15, 0.2) is 46.9 Å². The largest absolute Gasteiger partial charge is 0.573 e. The molecule has 0 fully saturated rings. The van der Waals surface area contributed by atoms with E-state index in [0.29, 0.717) is 11.5 Å². The summed E-state index contributed by atoms with van der Waals surface area (Å²) in [6.45, 7) is 0. The smallest absolute Gasteiger partial charge is 0.457 e. The molecule has 0 spiro atoms. The molecule has 0 unspecified atom stereocenters. The minimum atomic E-state index is -4.69. The van der Waals surface area contributed by atoms with Crippen molar-refractivity contribution >= 4 is 15.9 Å². The second-order valence-electron chi connectivity index (χ2n) is 3.49. The minimum Gasteiger partial charge on any atom is -0.457 e. The van der Waals surface area contributed by atoms with Crippen molar-refractivity contribution in [2.24, 2.45) is 0 Å². The van der Waals surface area contributed by atoms with E-state index in [9.17, 15) is 13.2 Å². The first-order valence-corrected chi connectivity index (χ1v) is 5.92. The number of benzene rings is 2. The van der Waals surface area contributed by atoms with Gasteiger partial charge in [0.2, 0.25) is 0 Å². The van der Waals surface area contributed by atoms with Crippen LogP contribution in [0.5, 0.6) is 17.2 Å². The van der Waals surface area contributed by atoms with Gasteiger partial charge < -0.3 is 9.47 Å². The molecule has 0 aromatic heterocycles. The third-order valence-corrected chi connectivity index (χ3v) is 2.52. The maximum absolute atomic E-state index is 12.0. The number of hydrogen-bond acceptors (Lipinski definition) is 2. The van der Waals surface area contributed by atoms with E-state index in [-0.39, 0.29) is 5.75 Å². The zero-order valence-corrected chi connectivity index (χ0v) is 11.0. The van der Waals surface area contributed by atoms with E-state index in [4.69, 9.17) is 4.74 Å². The Morgan fingerprint density at radius 3 is 2.21 bits per heavy atom. The van der Waals surface area contributed by atoms with Crippen LogP contribution in [0.2, 0.25) is 0 Å². The molecule has 2 rings (SSSR count). The van der Waals surface area contributed by atoms with Crippen LogP contribution in [0.3, 0.4) is 0 Å². The molecule has 0 aliphatic heterocycles. The quantitative estimate of drug-likeness (QED) is 0.793. The molecular weight excluding hydrogens is 325 g/mol. The van der Waals surface area contributed by atoms with Crippen LogP contribution < -0.4 is 9.47 Å². The van der Waals surface area contributed by atoms with Crippen molar-refractivity contribution in [3.8, 4) is 17.2 Å². The molecule has 0 amide bonds. The predicted octanol–water partition coefficient (Wildman–Crippen LogP) is 4.94. The van der Waals surface area contributed by atoms with E-state index in [1.165, 1.54) is 24.3 Å². The lowest BCUT2D eigenvalue weighted by atomic mass is 10.3. The van der Waals surface area contributed by atoms with Crippen LogP contribution >= 0.6 is 15.9 Å². The zero-order chi connectivity index (χ0) is 13.9. The first kappa shape index (κ1) is 13.7. The fourth-order valence-corrected chi connectivity index (χ4v) is 1.65. The number of hydrogen-bond donors (Lipinski definition) is 0. The highest BCUT2D eigenvalue weighted by Crippen LogP contribution is 2.28. The fourth-order valence-electron chi connectivity index (χ4n) is 1.31. The Kier molecular flexibility index (Phi) is 3.99. The minimum absolute atomic E-state index is 0.293. The molecule has 0 aliphatic rings. The van der Waals surface area contributed by atoms with Gasteiger partial charge in [-0.25, -0.2) is 0 Å². The zero-order valence-electron chi connectivity index (χ0n) is 9.37. The van der Waals surface area contributed by atoms with Crippen molar-refractivity contribution in [2.45, 2.75) is 6.36 Å². The van der Waals surface area contributed by atoms with Gasteiger partial charge in [-0.15, -0.1) is 13.2 Å². The number of rotatable bonds is 3. The van der Waals surface area contributed by atoms with Crippen LogP contribution in [-0.4, -0.2) is 6.36 Å². The molecule has 2 aromatic rings. The molecule has 2 aromatic carbocycles. The van der Waals surface area contributed by atoms with Gasteiger partial charge in [-0.3, -0.25) is 0 Å². The molecule has 99 valence electrons. The molecule has 2 nitrogen and oxygen atoms in total. The van der Waals surface area contributed by atoms with E-state index in [2.05, 4.69) is 26.7 Å². The van der Waals surface area contributed by atoms with Crippen molar-refractivity contribution in [3.63, 3.8) is 0 Å². The third-order valence-electron chi connectivity index (χ3n) is 2.02. The molecule has 6 heteroatoms. The maximum Gasteiger partial charge on any atom is 0.573 e. The molecule has 0 atom stereocenters. The summed E-state index contributed by atoms with van der Waals surface area (Å²) in [7, 11) is 0. The van der Waals surface area contributed by atoms with Crippen molar-refractivity contribution in [1.82, 2.24) is 0 Å². The molecule has 1 radical (unpaired) electrons.